The average molecular weight is 207 g/mol. The molecule has 1 aromatic rings. The molecule has 1 aliphatic carbocycles. The summed E-state index contributed by atoms with van der Waals surface area (Å²) in [4.78, 5) is 8.23. The predicted molar refractivity (Wildman–Crippen MR) is 57.1 cm³/mol. The molecule has 0 amide bonds. The van der Waals surface area contributed by atoms with Crippen LogP contribution in [-0.4, -0.2) is 22.1 Å². The van der Waals surface area contributed by atoms with Crippen LogP contribution in [0.1, 0.15) is 31.5 Å². The van der Waals surface area contributed by atoms with Crippen LogP contribution in [-0.2, 0) is 11.3 Å². The van der Waals surface area contributed by atoms with E-state index in [0.717, 1.165) is 25.1 Å². The van der Waals surface area contributed by atoms with Gasteiger partial charge in [-0.05, 0) is 31.7 Å². The zero-order valence-electron chi connectivity index (χ0n) is 8.80. The van der Waals surface area contributed by atoms with E-state index in [4.69, 9.17) is 10.5 Å². The molecule has 0 aromatic carbocycles. The number of aromatic nitrogens is 2. The smallest absolute Gasteiger partial charge is 0.153 e. The summed E-state index contributed by atoms with van der Waals surface area (Å²) >= 11 is 0. The van der Waals surface area contributed by atoms with Crippen LogP contribution in [0.4, 0.5) is 0 Å². The fourth-order valence-electron chi connectivity index (χ4n) is 1.93. The van der Waals surface area contributed by atoms with E-state index >= 15 is 0 Å². The Kier molecular flexibility index (Phi) is 3.64. The second-order valence-corrected chi connectivity index (χ2v) is 4.02. The molecule has 0 spiro atoms. The van der Waals surface area contributed by atoms with Crippen LogP contribution < -0.4 is 5.73 Å². The Hall–Kier alpha value is -1.00. The van der Waals surface area contributed by atoms with Gasteiger partial charge in [0.15, 0.2) is 5.82 Å². The first-order valence-corrected chi connectivity index (χ1v) is 5.47. The number of hydrogen-bond acceptors (Lipinski definition) is 4. The number of rotatable bonds is 3. The van der Waals surface area contributed by atoms with Gasteiger partial charge < -0.3 is 10.5 Å². The van der Waals surface area contributed by atoms with Crippen LogP contribution in [0.5, 0.6) is 0 Å². The lowest BCUT2D eigenvalue weighted by Gasteiger charge is -2.26. The van der Waals surface area contributed by atoms with Gasteiger partial charge in [0, 0.05) is 18.4 Å². The Labute approximate surface area is 89.9 Å². The SMILES string of the molecule is NC1CCCC(OCc2ncccn2)C1. The van der Waals surface area contributed by atoms with Crippen LogP contribution in [0.3, 0.4) is 0 Å². The molecule has 4 nitrogen and oxygen atoms in total. The first-order valence-electron chi connectivity index (χ1n) is 5.47. The molecule has 0 radical (unpaired) electrons. The summed E-state index contributed by atoms with van der Waals surface area (Å²) in [6.45, 7) is 0.498. The third-order valence-electron chi connectivity index (χ3n) is 2.73. The van der Waals surface area contributed by atoms with Crippen molar-refractivity contribution in [3.8, 4) is 0 Å². The van der Waals surface area contributed by atoms with E-state index in [2.05, 4.69) is 9.97 Å². The summed E-state index contributed by atoms with van der Waals surface area (Å²) in [6.07, 6.45) is 8.13. The van der Waals surface area contributed by atoms with Crippen molar-refractivity contribution >= 4 is 0 Å². The summed E-state index contributed by atoms with van der Waals surface area (Å²) in [7, 11) is 0. The van der Waals surface area contributed by atoms with Gasteiger partial charge in [-0.2, -0.15) is 0 Å². The molecular weight excluding hydrogens is 190 g/mol. The third-order valence-corrected chi connectivity index (χ3v) is 2.73. The number of ether oxygens (including phenoxy) is 1. The lowest BCUT2D eigenvalue weighted by molar-refractivity contribution is 0.00901. The molecular formula is C11H17N3O. The van der Waals surface area contributed by atoms with Crippen LogP contribution in [0.2, 0.25) is 0 Å². The first kappa shape index (κ1) is 10.5. The molecule has 0 bridgehead atoms. The Balaban J connectivity index is 1.78. The highest BCUT2D eigenvalue weighted by Crippen LogP contribution is 2.20. The Bertz CT molecular complexity index is 291. The molecule has 2 unspecified atom stereocenters. The standard InChI is InChI=1S/C11H17N3O/c12-9-3-1-4-10(7-9)15-8-11-13-5-2-6-14-11/h2,5-6,9-10H,1,3-4,7-8,12H2. The maximum atomic E-state index is 5.88. The molecule has 4 heteroatoms. The fraction of sp³-hybridized carbons (Fsp3) is 0.636. The van der Waals surface area contributed by atoms with Gasteiger partial charge in [0.25, 0.3) is 0 Å². The van der Waals surface area contributed by atoms with Gasteiger partial charge in [-0.15, -0.1) is 0 Å². The monoisotopic (exact) mass is 207 g/mol. The van der Waals surface area contributed by atoms with Crippen molar-refractivity contribution in [1.29, 1.82) is 0 Å². The summed E-state index contributed by atoms with van der Waals surface area (Å²) in [5, 5.41) is 0. The minimum absolute atomic E-state index is 0.289. The van der Waals surface area contributed by atoms with Gasteiger partial charge in [-0.3, -0.25) is 0 Å². The Morgan fingerprint density at radius 3 is 2.87 bits per heavy atom. The van der Waals surface area contributed by atoms with Crippen molar-refractivity contribution in [2.24, 2.45) is 5.73 Å². The van der Waals surface area contributed by atoms with E-state index in [0.29, 0.717) is 12.6 Å². The molecule has 2 rings (SSSR count). The van der Waals surface area contributed by atoms with Gasteiger partial charge in [0.1, 0.15) is 6.61 Å². The summed E-state index contributed by atoms with van der Waals surface area (Å²) in [5.74, 6) is 0.747. The van der Waals surface area contributed by atoms with E-state index in [-0.39, 0.29) is 6.10 Å². The van der Waals surface area contributed by atoms with E-state index in [9.17, 15) is 0 Å². The van der Waals surface area contributed by atoms with Gasteiger partial charge in [-0.1, -0.05) is 0 Å². The molecule has 2 N–H and O–H groups in total. The molecule has 1 fully saturated rings. The highest BCUT2D eigenvalue weighted by Gasteiger charge is 2.19. The van der Waals surface area contributed by atoms with Crippen molar-refractivity contribution in [1.82, 2.24) is 9.97 Å². The third kappa shape index (κ3) is 3.25. The van der Waals surface area contributed by atoms with E-state index in [1.807, 2.05) is 0 Å². The molecule has 1 heterocycles. The molecule has 0 saturated heterocycles. The minimum atomic E-state index is 0.289. The number of hydrogen-bond donors (Lipinski definition) is 1. The molecule has 0 aliphatic heterocycles. The normalized spacial score (nSPS) is 26.5. The summed E-state index contributed by atoms with van der Waals surface area (Å²) in [5.41, 5.74) is 5.88. The van der Waals surface area contributed by atoms with Crippen LogP contribution in [0.15, 0.2) is 18.5 Å². The van der Waals surface area contributed by atoms with Gasteiger partial charge >= 0.3 is 0 Å². The van der Waals surface area contributed by atoms with Crippen LogP contribution >= 0.6 is 0 Å². The van der Waals surface area contributed by atoms with Crippen LogP contribution in [0, 0.1) is 0 Å². The lowest BCUT2D eigenvalue weighted by Crippen LogP contribution is -2.32. The molecule has 82 valence electrons. The van der Waals surface area contributed by atoms with Crippen LogP contribution in [0.25, 0.3) is 0 Å². The number of nitrogens with zero attached hydrogens (tertiary/aromatic N) is 2. The largest absolute Gasteiger partial charge is 0.370 e. The van der Waals surface area contributed by atoms with Crippen molar-refractivity contribution in [3.05, 3.63) is 24.3 Å². The van der Waals surface area contributed by atoms with Crippen molar-refractivity contribution in [2.45, 2.75) is 44.4 Å². The van der Waals surface area contributed by atoms with Gasteiger partial charge in [0.05, 0.1) is 6.10 Å². The quantitative estimate of drug-likeness (QED) is 0.810. The van der Waals surface area contributed by atoms with E-state index < -0.39 is 0 Å². The van der Waals surface area contributed by atoms with Crippen molar-refractivity contribution < 1.29 is 4.74 Å². The van der Waals surface area contributed by atoms with Crippen molar-refractivity contribution in [2.75, 3.05) is 0 Å². The maximum Gasteiger partial charge on any atom is 0.153 e. The zero-order valence-corrected chi connectivity index (χ0v) is 8.80. The zero-order chi connectivity index (χ0) is 10.5. The second kappa shape index (κ2) is 5.19. The molecule has 1 aliphatic rings. The van der Waals surface area contributed by atoms with Gasteiger partial charge in [-0.25, -0.2) is 9.97 Å². The highest BCUT2D eigenvalue weighted by molar-refractivity contribution is 4.87. The van der Waals surface area contributed by atoms with Crippen molar-refractivity contribution in [3.63, 3.8) is 0 Å². The molecule has 1 saturated carbocycles. The Morgan fingerprint density at radius 2 is 2.13 bits per heavy atom. The maximum absolute atomic E-state index is 5.88. The minimum Gasteiger partial charge on any atom is -0.370 e. The highest BCUT2D eigenvalue weighted by atomic mass is 16.5. The molecule has 15 heavy (non-hydrogen) atoms. The average Bonchev–Trinajstić information content (AvgIpc) is 2.28. The Morgan fingerprint density at radius 1 is 1.33 bits per heavy atom. The van der Waals surface area contributed by atoms with E-state index in [1.54, 1.807) is 18.5 Å². The first-order chi connectivity index (χ1) is 7.34. The van der Waals surface area contributed by atoms with Gasteiger partial charge in [0.2, 0.25) is 0 Å². The van der Waals surface area contributed by atoms with E-state index in [1.165, 1.54) is 6.42 Å². The summed E-state index contributed by atoms with van der Waals surface area (Å²) < 4.78 is 5.73. The number of nitrogens with two attached hydrogens (primary N) is 1. The molecule has 1 aromatic heterocycles. The summed E-state index contributed by atoms with van der Waals surface area (Å²) in [6, 6.07) is 2.11. The second-order valence-electron chi connectivity index (χ2n) is 4.02. The topological polar surface area (TPSA) is 61.0 Å². The molecule has 2 atom stereocenters. The fourth-order valence-corrected chi connectivity index (χ4v) is 1.93. The predicted octanol–water partition coefficient (Wildman–Crippen LogP) is 1.26. The lowest BCUT2D eigenvalue weighted by atomic mass is 9.94.